The molecule has 0 aliphatic carbocycles. The maximum Gasteiger partial charge on any atom is 0.134 e. The van der Waals surface area contributed by atoms with Crippen molar-refractivity contribution < 1.29 is 4.79 Å². The van der Waals surface area contributed by atoms with Crippen molar-refractivity contribution in [3.05, 3.63) is 77.5 Å². The van der Waals surface area contributed by atoms with Crippen LogP contribution in [0, 0.1) is 0 Å². The fourth-order valence-corrected chi connectivity index (χ4v) is 2.45. The molecule has 0 fully saturated rings. The third-order valence-corrected chi connectivity index (χ3v) is 3.47. The van der Waals surface area contributed by atoms with E-state index >= 15 is 0 Å². The molecule has 0 radical (unpaired) electrons. The highest BCUT2D eigenvalue weighted by Gasteiger charge is 1.98. The molecule has 3 aromatic rings. The van der Waals surface area contributed by atoms with Crippen molar-refractivity contribution in [2.24, 2.45) is 0 Å². The average molecular weight is 287 g/mol. The standard InChI is InChI=1S/C20H17NO/c1-15(22)13-17-6-4-5-16(14-17)9-11-19-12-10-18-7-2-3-8-20(18)21-19/h2-12,14H,13H2,1H3. The zero-order valence-corrected chi connectivity index (χ0v) is 12.5. The Labute approximate surface area is 130 Å². The van der Waals surface area contributed by atoms with Crippen LogP contribution >= 0.6 is 0 Å². The molecule has 0 bridgehead atoms. The topological polar surface area (TPSA) is 30.0 Å². The molecule has 0 aliphatic rings. The third-order valence-electron chi connectivity index (χ3n) is 3.47. The number of benzene rings is 2. The fraction of sp³-hybridized carbons (Fsp3) is 0.100. The lowest BCUT2D eigenvalue weighted by molar-refractivity contribution is -0.116. The Balaban J connectivity index is 1.84. The number of carbonyl (C=O) groups is 1. The van der Waals surface area contributed by atoms with E-state index in [1.807, 2.05) is 60.7 Å². The van der Waals surface area contributed by atoms with E-state index in [9.17, 15) is 4.79 Å². The first-order valence-electron chi connectivity index (χ1n) is 7.33. The quantitative estimate of drug-likeness (QED) is 0.705. The van der Waals surface area contributed by atoms with E-state index in [-0.39, 0.29) is 5.78 Å². The molecule has 0 saturated carbocycles. The molecule has 3 rings (SSSR count). The van der Waals surface area contributed by atoms with Crippen LogP contribution in [0.4, 0.5) is 0 Å². The monoisotopic (exact) mass is 287 g/mol. The molecule has 108 valence electrons. The molecule has 1 heterocycles. The Bertz CT molecular complexity index is 849. The van der Waals surface area contributed by atoms with Crippen molar-refractivity contribution in [3.8, 4) is 0 Å². The molecule has 0 saturated heterocycles. The molecule has 0 unspecified atom stereocenters. The molecule has 22 heavy (non-hydrogen) atoms. The second kappa shape index (κ2) is 6.35. The Morgan fingerprint density at radius 2 is 1.86 bits per heavy atom. The molecule has 0 atom stereocenters. The van der Waals surface area contributed by atoms with Crippen LogP contribution in [0.2, 0.25) is 0 Å². The van der Waals surface area contributed by atoms with Crippen LogP contribution in [-0.2, 0) is 11.2 Å². The lowest BCUT2D eigenvalue weighted by atomic mass is 10.1. The Hall–Kier alpha value is -2.74. The lowest BCUT2D eigenvalue weighted by Crippen LogP contribution is -1.95. The van der Waals surface area contributed by atoms with Crippen molar-refractivity contribution in [2.75, 3.05) is 0 Å². The van der Waals surface area contributed by atoms with E-state index in [1.165, 1.54) is 0 Å². The zero-order valence-electron chi connectivity index (χ0n) is 12.5. The molecule has 0 N–H and O–H groups in total. The molecular formula is C20H17NO. The number of rotatable bonds is 4. The van der Waals surface area contributed by atoms with Gasteiger partial charge in [0, 0.05) is 11.8 Å². The summed E-state index contributed by atoms with van der Waals surface area (Å²) in [6.45, 7) is 1.61. The minimum Gasteiger partial charge on any atom is -0.300 e. The number of pyridine rings is 1. The van der Waals surface area contributed by atoms with Crippen molar-refractivity contribution in [3.63, 3.8) is 0 Å². The number of Topliss-reactive ketones (excluding diaryl/α,β-unsaturated/α-hetero) is 1. The summed E-state index contributed by atoms with van der Waals surface area (Å²) in [6.07, 6.45) is 4.51. The van der Waals surface area contributed by atoms with Crippen LogP contribution in [0.1, 0.15) is 23.7 Å². The van der Waals surface area contributed by atoms with Crippen LogP contribution in [0.5, 0.6) is 0 Å². The first-order valence-corrected chi connectivity index (χ1v) is 7.33. The van der Waals surface area contributed by atoms with Gasteiger partial charge in [-0.25, -0.2) is 4.98 Å². The van der Waals surface area contributed by atoms with Gasteiger partial charge in [-0.1, -0.05) is 54.6 Å². The number of fused-ring (bicyclic) bond motifs is 1. The second-order valence-corrected chi connectivity index (χ2v) is 5.39. The minimum absolute atomic E-state index is 0.178. The van der Waals surface area contributed by atoms with E-state index in [0.29, 0.717) is 6.42 Å². The highest BCUT2D eigenvalue weighted by molar-refractivity contribution is 5.81. The molecule has 2 aromatic carbocycles. The number of hydrogen-bond acceptors (Lipinski definition) is 2. The van der Waals surface area contributed by atoms with Gasteiger partial charge in [0.15, 0.2) is 0 Å². The summed E-state index contributed by atoms with van der Waals surface area (Å²) in [6, 6.07) is 20.2. The predicted octanol–water partition coefficient (Wildman–Crippen LogP) is 4.54. The summed E-state index contributed by atoms with van der Waals surface area (Å²) in [5.74, 6) is 0.178. The minimum atomic E-state index is 0.178. The maximum atomic E-state index is 11.2. The summed E-state index contributed by atoms with van der Waals surface area (Å²) in [5.41, 5.74) is 4.04. The van der Waals surface area contributed by atoms with Gasteiger partial charge in [0.25, 0.3) is 0 Å². The summed E-state index contributed by atoms with van der Waals surface area (Å²) >= 11 is 0. The lowest BCUT2D eigenvalue weighted by Gasteiger charge is -2.01. The normalized spacial score (nSPS) is 11.1. The van der Waals surface area contributed by atoms with E-state index in [1.54, 1.807) is 6.92 Å². The summed E-state index contributed by atoms with van der Waals surface area (Å²) in [5, 5.41) is 1.14. The molecule has 1 aromatic heterocycles. The van der Waals surface area contributed by atoms with Crippen LogP contribution in [-0.4, -0.2) is 10.8 Å². The summed E-state index contributed by atoms with van der Waals surface area (Å²) in [7, 11) is 0. The van der Waals surface area contributed by atoms with Gasteiger partial charge in [-0.2, -0.15) is 0 Å². The van der Waals surface area contributed by atoms with Gasteiger partial charge in [-0.15, -0.1) is 0 Å². The Kier molecular flexibility index (Phi) is 4.10. The molecule has 2 heteroatoms. The number of para-hydroxylation sites is 1. The SMILES string of the molecule is CC(=O)Cc1cccc(C=Cc2ccc3ccccc3n2)c1. The first-order chi connectivity index (χ1) is 10.7. The zero-order chi connectivity index (χ0) is 15.4. The van der Waals surface area contributed by atoms with Crippen molar-refractivity contribution in [2.45, 2.75) is 13.3 Å². The van der Waals surface area contributed by atoms with Crippen LogP contribution < -0.4 is 0 Å². The number of hydrogen-bond donors (Lipinski definition) is 0. The maximum absolute atomic E-state index is 11.2. The molecule has 0 amide bonds. The van der Waals surface area contributed by atoms with Gasteiger partial charge in [-0.05, 0) is 36.3 Å². The van der Waals surface area contributed by atoms with Gasteiger partial charge in [0.2, 0.25) is 0 Å². The van der Waals surface area contributed by atoms with Crippen LogP contribution in [0.25, 0.3) is 23.1 Å². The molecular weight excluding hydrogens is 270 g/mol. The van der Waals surface area contributed by atoms with Crippen molar-refractivity contribution in [1.29, 1.82) is 0 Å². The molecule has 0 aliphatic heterocycles. The van der Waals surface area contributed by atoms with Gasteiger partial charge >= 0.3 is 0 Å². The van der Waals surface area contributed by atoms with E-state index in [4.69, 9.17) is 0 Å². The van der Waals surface area contributed by atoms with Crippen molar-refractivity contribution >= 4 is 28.8 Å². The van der Waals surface area contributed by atoms with Gasteiger partial charge in [0.05, 0.1) is 11.2 Å². The molecule has 2 nitrogen and oxygen atoms in total. The third kappa shape index (κ3) is 3.47. The van der Waals surface area contributed by atoms with Crippen LogP contribution in [0.15, 0.2) is 60.7 Å². The smallest absolute Gasteiger partial charge is 0.134 e. The fourth-order valence-electron chi connectivity index (χ4n) is 2.45. The first kappa shape index (κ1) is 14.2. The molecule has 0 spiro atoms. The Morgan fingerprint density at radius 1 is 1.00 bits per heavy atom. The Morgan fingerprint density at radius 3 is 2.73 bits per heavy atom. The van der Waals surface area contributed by atoms with Crippen LogP contribution in [0.3, 0.4) is 0 Å². The average Bonchev–Trinajstić information content (AvgIpc) is 2.52. The van der Waals surface area contributed by atoms with Gasteiger partial charge < -0.3 is 0 Å². The largest absolute Gasteiger partial charge is 0.300 e. The highest BCUT2D eigenvalue weighted by Crippen LogP contribution is 2.14. The van der Waals surface area contributed by atoms with E-state index < -0.39 is 0 Å². The summed E-state index contributed by atoms with van der Waals surface area (Å²) in [4.78, 5) is 15.8. The number of ketones is 1. The van der Waals surface area contributed by atoms with Gasteiger partial charge in [-0.3, -0.25) is 4.79 Å². The van der Waals surface area contributed by atoms with Crippen molar-refractivity contribution in [1.82, 2.24) is 4.98 Å². The van der Waals surface area contributed by atoms with E-state index in [2.05, 4.69) is 17.1 Å². The highest BCUT2D eigenvalue weighted by atomic mass is 16.1. The number of nitrogens with zero attached hydrogens (tertiary/aromatic N) is 1. The predicted molar refractivity (Wildman–Crippen MR) is 91.5 cm³/mol. The van der Waals surface area contributed by atoms with Gasteiger partial charge in [0.1, 0.15) is 5.78 Å². The second-order valence-electron chi connectivity index (χ2n) is 5.39. The summed E-state index contributed by atoms with van der Waals surface area (Å²) < 4.78 is 0. The van der Waals surface area contributed by atoms with E-state index in [0.717, 1.165) is 27.7 Å². The number of carbonyl (C=O) groups excluding carboxylic acids is 1. The number of aromatic nitrogens is 1.